The van der Waals surface area contributed by atoms with Crippen molar-refractivity contribution in [3.63, 3.8) is 0 Å². The van der Waals surface area contributed by atoms with Gasteiger partial charge < -0.3 is 14.8 Å². The molecule has 0 fully saturated rings. The van der Waals surface area contributed by atoms with Gasteiger partial charge in [0.1, 0.15) is 24.7 Å². The Labute approximate surface area is 134 Å². The van der Waals surface area contributed by atoms with E-state index in [4.69, 9.17) is 9.47 Å². The molecule has 0 amide bonds. The normalized spacial score (nSPS) is 10.4. The van der Waals surface area contributed by atoms with Gasteiger partial charge in [-0.05, 0) is 38.2 Å². The summed E-state index contributed by atoms with van der Waals surface area (Å²) in [6.07, 6.45) is 0. The maximum atomic E-state index is 5.82. The Balaban J connectivity index is 1.86. The number of hydrogen-bond donors (Lipinski definition) is 1. The smallest absolute Gasteiger partial charge is 0.123 e. The highest BCUT2D eigenvalue weighted by Gasteiger charge is 2.03. The third-order valence-electron chi connectivity index (χ3n) is 2.99. The van der Waals surface area contributed by atoms with E-state index >= 15 is 0 Å². The number of rotatable bonds is 7. The fraction of sp³-hybridized carbons (Fsp3) is 0.294. The van der Waals surface area contributed by atoms with Gasteiger partial charge in [0.25, 0.3) is 0 Å². The lowest BCUT2D eigenvalue weighted by Crippen LogP contribution is -2.12. The Morgan fingerprint density at radius 3 is 2.62 bits per heavy atom. The van der Waals surface area contributed by atoms with Gasteiger partial charge in [0.2, 0.25) is 0 Å². The lowest BCUT2D eigenvalue weighted by atomic mass is 10.1. The molecule has 0 saturated heterocycles. The third kappa shape index (κ3) is 5.06. The lowest BCUT2D eigenvalue weighted by molar-refractivity contribution is 0.215. The van der Waals surface area contributed by atoms with Crippen molar-refractivity contribution >= 4 is 15.9 Å². The first kappa shape index (κ1) is 15.9. The fourth-order valence-electron chi connectivity index (χ4n) is 2.05. The molecule has 3 nitrogen and oxygen atoms in total. The van der Waals surface area contributed by atoms with Crippen LogP contribution in [0.3, 0.4) is 0 Å². The van der Waals surface area contributed by atoms with Crippen LogP contribution in [0.4, 0.5) is 0 Å². The highest BCUT2D eigenvalue weighted by Crippen LogP contribution is 2.20. The van der Waals surface area contributed by atoms with Crippen LogP contribution in [0.15, 0.2) is 46.9 Å². The van der Waals surface area contributed by atoms with Crippen molar-refractivity contribution in [1.82, 2.24) is 5.32 Å². The summed E-state index contributed by atoms with van der Waals surface area (Å²) in [7, 11) is 1.93. The summed E-state index contributed by atoms with van der Waals surface area (Å²) < 4.78 is 12.5. The molecule has 0 unspecified atom stereocenters. The maximum Gasteiger partial charge on any atom is 0.123 e. The van der Waals surface area contributed by atoms with Crippen molar-refractivity contribution in [2.24, 2.45) is 0 Å². The highest BCUT2D eigenvalue weighted by atomic mass is 79.9. The van der Waals surface area contributed by atoms with Crippen molar-refractivity contribution in [1.29, 1.82) is 0 Å². The van der Waals surface area contributed by atoms with E-state index in [2.05, 4.69) is 40.3 Å². The second-order valence-corrected chi connectivity index (χ2v) is 5.71. The Hall–Kier alpha value is -1.52. The summed E-state index contributed by atoms with van der Waals surface area (Å²) in [5.41, 5.74) is 2.40. The van der Waals surface area contributed by atoms with E-state index in [1.54, 1.807) is 0 Å². The molecule has 4 heteroatoms. The van der Waals surface area contributed by atoms with E-state index in [0.717, 1.165) is 22.5 Å². The summed E-state index contributed by atoms with van der Waals surface area (Å²) in [6, 6.07) is 14.0. The molecule has 0 aliphatic carbocycles. The predicted octanol–water partition coefficient (Wildman–Crippen LogP) is 3.93. The second kappa shape index (κ2) is 8.05. The molecular weight excluding hydrogens is 330 g/mol. The third-order valence-corrected chi connectivity index (χ3v) is 3.48. The molecule has 2 aromatic carbocycles. The zero-order chi connectivity index (χ0) is 15.1. The molecule has 2 rings (SSSR count). The Morgan fingerprint density at radius 1 is 1.05 bits per heavy atom. The topological polar surface area (TPSA) is 30.5 Å². The van der Waals surface area contributed by atoms with Crippen LogP contribution in [0, 0.1) is 6.92 Å². The van der Waals surface area contributed by atoms with Crippen molar-refractivity contribution in [2.75, 3.05) is 20.3 Å². The molecule has 0 spiro atoms. The second-order valence-electron chi connectivity index (χ2n) is 4.80. The zero-order valence-electron chi connectivity index (χ0n) is 12.4. The van der Waals surface area contributed by atoms with E-state index in [0.29, 0.717) is 13.2 Å². The van der Waals surface area contributed by atoms with Gasteiger partial charge in [0, 0.05) is 16.6 Å². The molecule has 0 heterocycles. The van der Waals surface area contributed by atoms with Crippen LogP contribution in [-0.4, -0.2) is 20.3 Å². The average molecular weight is 350 g/mol. The van der Waals surface area contributed by atoms with Crippen LogP contribution in [0.1, 0.15) is 11.1 Å². The molecule has 2 aromatic rings. The largest absolute Gasteiger partial charge is 0.490 e. The minimum Gasteiger partial charge on any atom is -0.490 e. The molecular formula is C17H20BrNO2. The van der Waals surface area contributed by atoms with Gasteiger partial charge in [0.05, 0.1) is 0 Å². The molecule has 0 saturated carbocycles. The first-order chi connectivity index (χ1) is 10.2. The number of hydrogen-bond acceptors (Lipinski definition) is 3. The predicted molar refractivity (Wildman–Crippen MR) is 89.1 cm³/mol. The zero-order valence-corrected chi connectivity index (χ0v) is 13.9. The van der Waals surface area contributed by atoms with Gasteiger partial charge in [-0.3, -0.25) is 0 Å². The van der Waals surface area contributed by atoms with Crippen LogP contribution < -0.4 is 14.8 Å². The van der Waals surface area contributed by atoms with E-state index in [9.17, 15) is 0 Å². The minimum atomic E-state index is 0.517. The van der Waals surface area contributed by atoms with Crippen molar-refractivity contribution in [2.45, 2.75) is 13.5 Å². The number of aryl methyl sites for hydroxylation is 1. The molecule has 0 bridgehead atoms. The Kier molecular flexibility index (Phi) is 6.08. The van der Waals surface area contributed by atoms with Crippen LogP contribution in [0.5, 0.6) is 11.5 Å². The molecule has 0 aliphatic heterocycles. The number of halogens is 1. The number of ether oxygens (including phenoxy) is 2. The quantitative estimate of drug-likeness (QED) is 0.768. The molecule has 0 radical (unpaired) electrons. The first-order valence-corrected chi connectivity index (χ1v) is 7.73. The van der Waals surface area contributed by atoms with Gasteiger partial charge in [-0.15, -0.1) is 0 Å². The first-order valence-electron chi connectivity index (χ1n) is 6.94. The van der Waals surface area contributed by atoms with E-state index < -0.39 is 0 Å². The molecule has 112 valence electrons. The van der Waals surface area contributed by atoms with Crippen LogP contribution >= 0.6 is 15.9 Å². The van der Waals surface area contributed by atoms with Gasteiger partial charge >= 0.3 is 0 Å². The summed E-state index contributed by atoms with van der Waals surface area (Å²) >= 11 is 3.42. The van der Waals surface area contributed by atoms with Crippen LogP contribution in [-0.2, 0) is 6.54 Å². The highest BCUT2D eigenvalue weighted by molar-refractivity contribution is 9.10. The average Bonchev–Trinajstić information content (AvgIpc) is 2.46. The SMILES string of the molecule is CNCc1cc(C)ccc1OCCOc1cccc(Br)c1. The van der Waals surface area contributed by atoms with Gasteiger partial charge in [0.15, 0.2) is 0 Å². The van der Waals surface area contributed by atoms with E-state index in [1.165, 1.54) is 11.1 Å². The van der Waals surface area contributed by atoms with Crippen molar-refractivity contribution < 1.29 is 9.47 Å². The summed E-state index contributed by atoms with van der Waals surface area (Å²) in [5.74, 6) is 1.75. The van der Waals surface area contributed by atoms with Crippen LogP contribution in [0.2, 0.25) is 0 Å². The monoisotopic (exact) mass is 349 g/mol. The van der Waals surface area contributed by atoms with Crippen molar-refractivity contribution in [3.05, 3.63) is 58.1 Å². The molecule has 0 aromatic heterocycles. The number of nitrogens with one attached hydrogen (secondary N) is 1. The van der Waals surface area contributed by atoms with Gasteiger partial charge in [-0.25, -0.2) is 0 Å². The van der Waals surface area contributed by atoms with Gasteiger partial charge in [-0.2, -0.15) is 0 Å². The van der Waals surface area contributed by atoms with E-state index in [-0.39, 0.29) is 0 Å². The molecule has 1 N–H and O–H groups in total. The Bertz CT molecular complexity index is 587. The summed E-state index contributed by atoms with van der Waals surface area (Å²) in [4.78, 5) is 0. The maximum absolute atomic E-state index is 5.82. The van der Waals surface area contributed by atoms with Crippen molar-refractivity contribution in [3.8, 4) is 11.5 Å². The fourth-order valence-corrected chi connectivity index (χ4v) is 2.42. The van der Waals surface area contributed by atoms with Gasteiger partial charge in [-0.1, -0.05) is 39.7 Å². The minimum absolute atomic E-state index is 0.517. The van der Waals surface area contributed by atoms with E-state index in [1.807, 2.05) is 37.4 Å². The molecule has 0 aliphatic rings. The van der Waals surface area contributed by atoms with Crippen LogP contribution in [0.25, 0.3) is 0 Å². The standard InChI is InChI=1S/C17H20BrNO2/c1-13-6-7-17(14(10-13)12-19-2)21-9-8-20-16-5-3-4-15(18)11-16/h3-7,10-11,19H,8-9,12H2,1-2H3. The molecule has 21 heavy (non-hydrogen) atoms. The Morgan fingerprint density at radius 2 is 1.86 bits per heavy atom. The summed E-state index contributed by atoms with van der Waals surface area (Å²) in [6.45, 7) is 3.92. The number of benzene rings is 2. The lowest BCUT2D eigenvalue weighted by Gasteiger charge is -2.13. The molecule has 0 atom stereocenters. The summed E-state index contributed by atoms with van der Waals surface area (Å²) in [5, 5.41) is 3.16.